The molecule has 0 saturated carbocycles. The number of benzene rings is 5. The fourth-order valence-corrected chi connectivity index (χ4v) is 4.92. The van der Waals surface area contributed by atoms with E-state index in [0.717, 1.165) is 5.46 Å². The molecule has 1 aliphatic rings. The lowest BCUT2D eigenvalue weighted by molar-refractivity contribution is 0.00578. The van der Waals surface area contributed by atoms with Gasteiger partial charge in [-0.2, -0.15) is 0 Å². The largest absolute Gasteiger partial charge is 0.495 e. The van der Waals surface area contributed by atoms with Crippen molar-refractivity contribution in [2.75, 3.05) is 0 Å². The predicted octanol–water partition coefficient (Wildman–Crippen LogP) is 7.11. The summed E-state index contributed by atoms with van der Waals surface area (Å²) >= 11 is 0. The van der Waals surface area contributed by atoms with Crippen LogP contribution in [0.1, 0.15) is 27.7 Å². The molecule has 0 radical (unpaired) electrons. The van der Waals surface area contributed by atoms with Gasteiger partial charge < -0.3 is 9.31 Å². The Morgan fingerprint density at radius 1 is 0.545 bits per heavy atom. The highest BCUT2D eigenvalue weighted by Crippen LogP contribution is 2.38. The minimum atomic E-state index is -0.380. The molecule has 0 atom stereocenters. The van der Waals surface area contributed by atoms with Crippen molar-refractivity contribution in [3.8, 4) is 11.1 Å². The number of hydrogen-bond donors (Lipinski definition) is 0. The zero-order chi connectivity index (χ0) is 22.8. The van der Waals surface area contributed by atoms with Crippen molar-refractivity contribution in [3.05, 3.63) is 91.0 Å². The lowest BCUT2D eigenvalue weighted by Gasteiger charge is -2.32. The van der Waals surface area contributed by atoms with E-state index >= 15 is 0 Å². The Morgan fingerprint density at radius 2 is 1.12 bits per heavy atom. The molecule has 1 heterocycles. The summed E-state index contributed by atoms with van der Waals surface area (Å²) in [6.45, 7) is 8.40. The SMILES string of the molecule is CC1(C)OB(c2ccc(-c3ccc4ccc5ccccc5c4c3)c3ccccc23)OC1(C)C. The van der Waals surface area contributed by atoms with Crippen LogP contribution in [0.3, 0.4) is 0 Å². The maximum absolute atomic E-state index is 6.39. The third-order valence-electron chi connectivity index (χ3n) is 7.52. The van der Waals surface area contributed by atoms with Crippen LogP contribution in [0.15, 0.2) is 91.0 Å². The second-order valence-electron chi connectivity index (χ2n) is 10.1. The molecular weight excluding hydrogens is 403 g/mol. The average Bonchev–Trinajstić information content (AvgIpc) is 3.04. The summed E-state index contributed by atoms with van der Waals surface area (Å²) in [6, 6.07) is 32.8. The van der Waals surface area contributed by atoms with Gasteiger partial charge in [0.1, 0.15) is 0 Å². The summed E-state index contributed by atoms with van der Waals surface area (Å²) in [6.07, 6.45) is 0. The van der Waals surface area contributed by atoms with Crippen LogP contribution in [0.4, 0.5) is 0 Å². The van der Waals surface area contributed by atoms with Crippen LogP contribution in [0.2, 0.25) is 0 Å². The third-order valence-corrected chi connectivity index (χ3v) is 7.52. The van der Waals surface area contributed by atoms with E-state index in [-0.39, 0.29) is 18.3 Å². The standard InChI is InChI=1S/C30H27BO2/c1-29(2)30(3,4)33-31(32-29)28-18-17-24(25-11-7-8-12-26(25)28)22-16-15-21-14-13-20-9-5-6-10-23(20)27(21)19-22/h5-19H,1-4H3. The summed E-state index contributed by atoms with van der Waals surface area (Å²) < 4.78 is 12.8. The van der Waals surface area contributed by atoms with Crippen LogP contribution < -0.4 is 5.46 Å². The van der Waals surface area contributed by atoms with Crippen molar-refractivity contribution >= 4 is 44.9 Å². The normalized spacial score (nSPS) is 17.3. The van der Waals surface area contributed by atoms with Crippen LogP contribution in [0.25, 0.3) is 43.4 Å². The first kappa shape index (κ1) is 20.5. The van der Waals surface area contributed by atoms with Crippen molar-refractivity contribution in [1.82, 2.24) is 0 Å². The Bertz CT molecular complexity index is 1520. The van der Waals surface area contributed by atoms with Crippen LogP contribution in [0, 0.1) is 0 Å². The fourth-order valence-electron chi connectivity index (χ4n) is 4.92. The van der Waals surface area contributed by atoms with Crippen molar-refractivity contribution in [1.29, 1.82) is 0 Å². The van der Waals surface area contributed by atoms with Crippen molar-refractivity contribution in [3.63, 3.8) is 0 Å². The van der Waals surface area contributed by atoms with Gasteiger partial charge in [-0.1, -0.05) is 84.9 Å². The van der Waals surface area contributed by atoms with E-state index in [2.05, 4.69) is 119 Å². The van der Waals surface area contributed by atoms with E-state index in [4.69, 9.17) is 9.31 Å². The van der Waals surface area contributed by atoms with Crippen molar-refractivity contribution < 1.29 is 9.31 Å². The molecule has 5 aromatic carbocycles. The van der Waals surface area contributed by atoms with E-state index in [9.17, 15) is 0 Å². The zero-order valence-corrected chi connectivity index (χ0v) is 19.6. The Hall–Kier alpha value is -3.14. The highest BCUT2D eigenvalue weighted by Gasteiger charge is 2.52. The van der Waals surface area contributed by atoms with Gasteiger partial charge in [0, 0.05) is 0 Å². The van der Waals surface area contributed by atoms with Gasteiger partial charge in [-0.15, -0.1) is 0 Å². The number of fused-ring (bicyclic) bond motifs is 4. The van der Waals surface area contributed by atoms with E-state index in [1.165, 1.54) is 43.4 Å². The van der Waals surface area contributed by atoms with E-state index in [1.807, 2.05) is 0 Å². The second-order valence-corrected chi connectivity index (χ2v) is 10.1. The summed E-state index contributed by atoms with van der Waals surface area (Å²) in [5.41, 5.74) is 2.80. The molecule has 6 rings (SSSR count). The van der Waals surface area contributed by atoms with Crippen LogP contribution in [0.5, 0.6) is 0 Å². The van der Waals surface area contributed by atoms with Gasteiger partial charge in [-0.25, -0.2) is 0 Å². The first-order valence-electron chi connectivity index (χ1n) is 11.6. The van der Waals surface area contributed by atoms with Crippen LogP contribution in [-0.4, -0.2) is 18.3 Å². The summed E-state index contributed by atoms with van der Waals surface area (Å²) in [5.74, 6) is 0. The maximum Gasteiger partial charge on any atom is 0.495 e. The molecule has 1 aliphatic heterocycles. The summed E-state index contributed by atoms with van der Waals surface area (Å²) in [4.78, 5) is 0. The highest BCUT2D eigenvalue weighted by molar-refractivity contribution is 6.65. The second kappa shape index (κ2) is 7.18. The monoisotopic (exact) mass is 430 g/mol. The van der Waals surface area contributed by atoms with E-state index in [1.54, 1.807) is 0 Å². The summed E-state index contributed by atoms with van der Waals surface area (Å²) in [5, 5.41) is 7.48. The van der Waals surface area contributed by atoms with Gasteiger partial charge in [0.05, 0.1) is 11.2 Å². The lowest BCUT2D eigenvalue weighted by Crippen LogP contribution is -2.41. The van der Waals surface area contributed by atoms with E-state index < -0.39 is 0 Å². The number of rotatable bonds is 2. The average molecular weight is 430 g/mol. The van der Waals surface area contributed by atoms with Gasteiger partial charge in [0.15, 0.2) is 0 Å². The zero-order valence-electron chi connectivity index (χ0n) is 19.6. The molecule has 0 N–H and O–H groups in total. The molecule has 0 aliphatic carbocycles. The Labute approximate surface area is 195 Å². The molecule has 0 unspecified atom stereocenters. The van der Waals surface area contributed by atoms with Gasteiger partial charge >= 0.3 is 7.12 Å². The molecule has 0 bridgehead atoms. The minimum absolute atomic E-state index is 0.364. The topological polar surface area (TPSA) is 18.5 Å². The molecule has 1 fully saturated rings. The van der Waals surface area contributed by atoms with Crippen molar-refractivity contribution in [2.24, 2.45) is 0 Å². The number of hydrogen-bond acceptors (Lipinski definition) is 2. The molecule has 0 amide bonds. The Morgan fingerprint density at radius 3 is 1.85 bits per heavy atom. The van der Waals surface area contributed by atoms with E-state index in [0.29, 0.717) is 0 Å². The molecule has 33 heavy (non-hydrogen) atoms. The molecule has 0 aromatic heterocycles. The molecular formula is C30H27BO2. The maximum atomic E-state index is 6.39. The Kier molecular flexibility index (Phi) is 4.45. The smallest absolute Gasteiger partial charge is 0.399 e. The first-order valence-corrected chi connectivity index (χ1v) is 11.6. The van der Waals surface area contributed by atoms with Crippen molar-refractivity contribution in [2.45, 2.75) is 38.9 Å². The quantitative estimate of drug-likeness (QED) is 0.219. The van der Waals surface area contributed by atoms with Crippen LogP contribution in [-0.2, 0) is 9.31 Å². The molecule has 162 valence electrons. The lowest BCUT2D eigenvalue weighted by atomic mass is 9.75. The highest BCUT2D eigenvalue weighted by atomic mass is 16.7. The molecule has 5 aromatic rings. The Balaban J connectivity index is 1.53. The third kappa shape index (κ3) is 3.19. The first-order chi connectivity index (χ1) is 15.8. The minimum Gasteiger partial charge on any atom is -0.399 e. The molecule has 1 saturated heterocycles. The van der Waals surface area contributed by atoms with Gasteiger partial charge in [-0.05, 0) is 82.7 Å². The van der Waals surface area contributed by atoms with Gasteiger partial charge in [0.25, 0.3) is 0 Å². The summed E-state index contributed by atoms with van der Waals surface area (Å²) in [7, 11) is -0.380. The van der Waals surface area contributed by atoms with Crippen LogP contribution >= 0.6 is 0 Å². The predicted molar refractivity (Wildman–Crippen MR) is 140 cm³/mol. The fraction of sp³-hybridized carbons (Fsp3) is 0.200. The molecule has 3 heteroatoms. The van der Waals surface area contributed by atoms with Gasteiger partial charge in [0.2, 0.25) is 0 Å². The molecule has 2 nitrogen and oxygen atoms in total. The molecule has 0 spiro atoms. The van der Waals surface area contributed by atoms with Gasteiger partial charge in [-0.3, -0.25) is 0 Å².